The fraction of sp³-hybridized carbons (Fsp3) is 0.462. The van der Waals surface area contributed by atoms with Gasteiger partial charge in [0.15, 0.2) is 0 Å². The number of fused-ring (bicyclic) bond motifs is 1. The molecule has 5 heteroatoms. The number of aromatic nitrogens is 2. The molecule has 1 heterocycles. The summed E-state index contributed by atoms with van der Waals surface area (Å²) in [6, 6.07) is 16.6. The topological polar surface area (TPSA) is 56.2 Å². The first kappa shape index (κ1) is 22.9. The molecule has 0 bridgehead atoms. The van der Waals surface area contributed by atoms with Gasteiger partial charge in [-0.25, -0.2) is 4.98 Å². The first-order chi connectivity index (χ1) is 15.1. The third-order valence-corrected chi connectivity index (χ3v) is 5.57. The highest BCUT2D eigenvalue weighted by Gasteiger charge is 2.12. The highest BCUT2D eigenvalue weighted by atomic mass is 16.5. The molecular weight excluding hydrogens is 386 g/mol. The Hall–Kier alpha value is -2.82. The molecule has 5 nitrogen and oxygen atoms in total. The van der Waals surface area contributed by atoms with Crippen LogP contribution in [0.15, 0.2) is 48.5 Å². The fourth-order valence-corrected chi connectivity index (χ4v) is 3.84. The number of carbonyl (C=O) groups excluding carboxylic acids is 1. The Balaban J connectivity index is 1.60. The van der Waals surface area contributed by atoms with Crippen molar-refractivity contribution >= 4 is 16.9 Å². The number of rotatable bonds is 12. The molecule has 0 aliphatic heterocycles. The summed E-state index contributed by atoms with van der Waals surface area (Å²) in [4.78, 5) is 16.2. The van der Waals surface area contributed by atoms with Gasteiger partial charge in [-0.05, 0) is 42.5 Å². The Kier molecular flexibility index (Phi) is 8.51. The number of para-hydroxylation sites is 3. The smallest absolute Gasteiger partial charge is 0.219 e. The van der Waals surface area contributed by atoms with Crippen molar-refractivity contribution in [2.45, 2.75) is 65.3 Å². The Morgan fingerprint density at radius 2 is 1.84 bits per heavy atom. The van der Waals surface area contributed by atoms with Gasteiger partial charge in [0.2, 0.25) is 5.91 Å². The Morgan fingerprint density at radius 3 is 2.65 bits per heavy atom. The Bertz CT molecular complexity index is 978. The number of nitrogens with zero attached hydrogens (tertiary/aromatic N) is 2. The van der Waals surface area contributed by atoms with E-state index < -0.39 is 0 Å². The molecule has 0 spiro atoms. The number of unbranched alkanes of at least 4 members (excludes halogenated alkanes) is 2. The van der Waals surface area contributed by atoms with Gasteiger partial charge in [-0.3, -0.25) is 4.79 Å². The molecule has 0 atom stereocenters. The van der Waals surface area contributed by atoms with Gasteiger partial charge < -0.3 is 14.6 Å². The van der Waals surface area contributed by atoms with Crippen LogP contribution in [0.1, 0.15) is 63.8 Å². The number of benzene rings is 2. The second-order valence-electron chi connectivity index (χ2n) is 8.22. The minimum absolute atomic E-state index is 0.126. The SMILES string of the molecule is CCC(=O)NCCCCCc1nc2ccccc2n1CCOc1ccccc1C(C)C. The number of hydrogen-bond donors (Lipinski definition) is 1. The van der Waals surface area contributed by atoms with Crippen LogP contribution in [0, 0.1) is 0 Å². The molecule has 31 heavy (non-hydrogen) atoms. The van der Waals surface area contributed by atoms with Crippen LogP contribution in [0.3, 0.4) is 0 Å². The number of nitrogens with one attached hydrogen (secondary N) is 1. The zero-order valence-corrected chi connectivity index (χ0v) is 19.1. The lowest BCUT2D eigenvalue weighted by Crippen LogP contribution is -2.23. The van der Waals surface area contributed by atoms with Crippen molar-refractivity contribution in [3.05, 3.63) is 59.9 Å². The molecule has 2 aromatic carbocycles. The van der Waals surface area contributed by atoms with Gasteiger partial charge in [0.05, 0.1) is 17.6 Å². The van der Waals surface area contributed by atoms with Gasteiger partial charge in [0.25, 0.3) is 0 Å². The van der Waals surface area contributed by atoms with Crippen molar-refractivity contribution in [2.75, 3.05) is 13.2 Å². The lowest BCUT2D eigenvalue weighted by atomic mass is 10.0. The highest BCUT2D eigenvalue weighted by molar-refractivity contribution is 5.76. The van der Waals surface area contributed by atoms with Crippen LogP contribution in [0.5, 0.6) is 5.75 Å². The van der Waals surface area contributed by atoms with Crippen molar-refractivity contribution in [2.24, 2.45) is 0 Å². The molecule has 0 aliphatic rings. The summed E-state index contributed by atoms with van der Waals surface area (Å²) in [5.41, 5.74) is 3.44. The van der Waals surface area contributed by atoms with E-state index in [0.717, 1.165) is 61.4 Å². The van der Waals surface area contributed by atoms with E-state index in [1.807, 2.05) is 19.1 Å². The van der Waals surface area contributed by atoms with Crippen molar-refractivity contribution in [3.63, 3.8) is 0 Å². The molecule has 0 unspecified atom stereocenters. The molecule has 0 aliphatic carbocycles. The third kappa shape index (κ3) is 6.33. The quantitative estimate of drug-likeness (QED) is 0.394. The molecule has 166 valence electrons. The molecule has 3 aromatic rings. The van der Waals surface area contributed by atoms with Gasteiger partial charge in [-0.15, -0.1) is 0 Å². The summed E-state index contributed by atoms with van der Waals surface area (Å²) in [6.45, 7) is 8.40. The van der Waals surface area contributed by atoms with Crippen LogP contribution in [0.2, 0.25) is 0 Å². The number of ether oxygens (including phenoxy) is 1. The molecule has 0 radical (unpaired) electrons. The predicted molar refractivity (Wildman–Crippen MR) is 127 cm³/mol. The largest absolute Gasteiger partial charge is 0.491 e. The predicted octanol–water partition coefficient (Wildman–Crippen LogP) is 5.48. The van der Waals surface area contributed by atoms with Gasteiger partial charge >= 0.3 is 0 Å². The van der Waals surface area contributed by atoms with E-state index >= 15 is 0 Å². The van der Waals surface area contributed by atoms with Crippen molar-refractivity contribution in [3.8, 4) is 5.75 Å². The van der Waals surface area contributed by atoms with E-state index in [1.165, 1.54) is 5.56 Å². The maximum absolute atomic E-state index is 11.3. The van der Waals surface area contributed by atoms with Crippen LogP contribution in [-0.2, 0) is 17.8 Å². The van der Waals surface area contributed by atoms with Crippen LogP contribution in [0.25, 0.3) is 11.0 Å². The summed E-state index contributed by atoms with van der Waals surface area (Å²) in [6.07, 6.45) is 4.61. The zero-order valence-electron chi connectivity index (χ0n) is 19.1. The first-order valence-corrected chi connectivity index (χ1v) is 11.5. The molecule has 0 saturated heterocycles. The summed E-state index contributed by atoms with van der Waals surface area (Å²) in [5.74, 6) is 2.64. The van der Waals surface area contributed by atoms with E-state index in [4.69, 9.17) is 9.72 Å². The molecule has 0 fully saturated rings. The number of carbonyl (C=O) groups is 1. The minimum atomic E-state index is 0.126. The number of amides is 1. The van der Waals surface area contributed by atoms with Crippen LogP contribution >= 0.6 is 0 Å². The third-order valence-electron chi connectivity index (χ3n) is 5.57. The first-order valence-electron chi connectivity index (χ1n) is 11.5. The Labute approximate surface area is 185 Å². The molecule has 0 saturated carbocycles. The lowest BCUT2D eigenvalue weighted by molar-refractivity contribution is -0.120. The van der Waals surface area contributed by atoms with Crippen LogP contribution in [-0.4, -0.2) is 28.6 Å². The van der Waals surface area contributed by atoms with E-state index in [0.29, 0.717) is 18.9 Å². The van der Waals surface area contributed by atoms with Crippen LogP contribution < -0.4 is 10.1 Å². The van der Waals surface area contributed by atoms with E-state index in [2.05, 4.69) is 60.1 Å². The normalized spacial score (nSPS) is 11.2. The van der Waals surface area contributed by atoms with E-state index in [9.17, 15) is 4.79 Å². The number of hydrogen-bond acceptors (Lipinski definition) is 3. The fourth-order valence-electron chi connectivity index (χ4n) is 3.84. The minimum Gasteiger partial charge on any atom is -0.491 e. The highest BCUT2D eigenvalue weighted by Crippen LogP contribution is 2.26. The summed E-state index contributed by atoms with van der Waals surface area (Å²) >= 11 is 0. The number of imidazole rings is 1. The van der Waals surface area contributed by atoms with Gasteiger partial charge in [0.1, 0.15) is 18.2 Å². The van der Waals surface area contributed by atoms with Gasteiger partial charge in [-0.2, -0.15) is 0 Å². The molecular formula is C26H35N3O2. The van der Waals surface area contributed by atoms with Crippen molar-refractivity contribution in [1.82, 2.24) is 14.9 Å². The summed E-state index contributed by atoms with van der Waals surface area (Å²) in [5, 5.41) is 2.94. The zero-order chi connectivity index (χ0) is 22.1. The summed E-state index contributed by atoms with van der Waals surface area (Å²) in [7, 11) is 0. The summed E-state index contributed by atoms with van der Waals surface area (Å²) < 4.78 is 8.48. The molecule has 1 aromatic heterocycles. The average molecular weight is 422 g/mol. The second-order valence-corrected chi connectivity index (χ2v) is 8.22. The standard InChI is InChI=1S/C26H35N3O2/c1-4-26(30)27-17-11-5-6-16-25-28-22-13-8-9-14-23(22)29(25)18-19-31-24-15-10-7-12-21(24)20(2)3/h7-10,12-15,20H,4-6,11,16-19H2,1-3H3,(H,27,30). The monoisotopic (exact) mass is 421 g/mol. The van der Waals surface area contributed by atoms with E-state index in [-0.39, 0.29) is 5.91 Å². The van der Waals surface area contributed by atoms with Gasteiger partial charge in [-0.1, -0.05) is 57.5 Å². The second kappa shape index (κ2) is 11.5. The maximum Gasteiger partial charge on any atom is 0.219 e. The lowest BCUT2D eigenvalue weighted by Gasteiger charge is -2.15. The van der Waals surface area contributed by atoms with E-state index in [1.54, 1.807) is 0 Å². The van der Waals surface area contributed by atoms with Crippen LogP contribution in [0.4, 0.5) is 0 Å². The average Bonchev–Trinajstić information content (AvgIpc) is 3.13. The Morgan fingerprint density at radius 1 is 1.06 bits per heavy atom. The number of aryl methyl sites for hydroxylation is 1. The molecule has 1 amide bonds. The molecule has 3 rings (SSSR count). The van der Waals surface area contributed by atoms with Crippen molar-refractivity contribution in [1.29, 1.82) is 0 Å². The maximum atomic E-state index is 11.3. The molecule has 1 N–H and O–H groups in total. The van der Waals surface area contributed by atoms with Crippen molar-refractivity contribution < 1.29 is 9.53 Å². The van der Waals surface area contributed by atoms with Gasteiger partial charge in [0, 0.05) is 19.4 Å².